The van der Waals surface area contributed by atoms with Gasteiger partial charge in [0.2, 0.25) is 6.41 Å². The fourth-order valence-electron chi connectivity index (χ4n) is 1.47. The van der Waals surface area contributed by atoms with Crippen LogP contribution in [0.3, 0.4) is 0 Å². The molecule has 3 nitrogen and oxygen atoms in total. The number of carbonyl (C=O) groups excluding carboxylic acids is 1. The van der Waals surface area contributed by atoms with Crippen molar-refractivity contribution in [1.29, 1.82) is 0 Å². The van der Waals surface area contributed by atoms with Gasteiger partial charge in [0.1, 0.15) is 5.75 Å². The third-order valence-electron chi connectivity index (χ3n) is 2.12. The fourth-order valence-corrected chi connectivity index (χ4v) is 1.47. The van der Waals surface area contributed by atoms with E-state index in [4.69, 9.17) is 0 Å². The summed E-state index contributed by atoms with van der Waals surface area (Å²) in [4.78, 5) is 10.3. The minimum atomic E-state index is 0.219. The zero-order chi connectivity index (χ0) is 9.97. The Hall–Kier alpha value is -2.03. The number of phenolic OH excluding ortho intramolecular Hbond substituents is 1. The van der Waals surface area contributed by atoms with E-state index in [-0.39, 0.29) is 5.75 Å². The van der Waals surface area contributed by atoms with Crippen molar-refractivity contribution >= 4 is 22.9 Å². The number of hydrogen-bond donors (Lipinski definition) is 2. The molecule has 0 aliphatic carbocycles. The highest BCUT2D eigenvalue weighted by atomic mass is 16.3. The van der Waals surface area contributed by atoms with E-state index in [1.165, 1.54) is 0 Å². The lowest BCUT2D eigenvalue weighted by Crippen LogP contribution is -1.94. The highest BCUT2D eigenvalue weighted by Gasteiger charge is 2.02. The van der Waals surface area contributed by atoms with E-state index in [0.29, 0.717) is 12.1 Å². The number of nitrogens with one attached hydrogen (secondary N) is 1. The van der Waals surface area contributed by atoms with Crippen LogP contribution in [0.25, 0.3) is 10.8 Å². The number of rotatable bonds is 2. The summed E-state index contributed by atoms with van der Waals surface area (Å²) in [7, 11) is 0. The quantitative estimate of drug-likeness (QED) is 0.558. The molecule has 0 aromatic heterocycles. The molecule has 0 saturated carbocycles. The number of hydrogen-bond acceptors (Lipinski definition) is 2. The maximum absolute atomic E-state index is 10.3. The van der Waals surface area contributed by atoms with Crippen molar-refractivity contribution in [3.63, 3.8) is 0 Å². The lowest BCUT2D eigenvalue weighted by molar-refractivity contribution is -0.105. The Balaban J connectivity index is 2.74. The SMILES string of the molecule is O=CNc1ccc(O)c2ccccc12. The minimum absolute atomic E-state index is 0.219. The molecule has 2 N–H and O–H groups in total. The zero-order valence-corrected chi connectivity index (χ0v) is 7.40. The molecule has 14 heavy (non-hydrogen) atoms. The smallest absolute Gasteiger partial charge is 0.211 e. The molecular formula is C11H9NO2. The Kier molecular flexibility index (Phi) is 2.07. The van der Waals surface area contributed by atoms with E-state index < -0.39 is 0 Å². The van der Waals surface area contributed by atoms with E-state index in [0.717, 1.165) is 10.8 Å². The van der Waals surface area contributed by atoms with Gasteiger partial charge in [0.05, 0.1) is 0 Å². The summed E-state index contributed by atoms with van der Waals surface area (Å²) < 4.78 is 0. The molecule has 0 heterocycles. The molecule has 0 aliphatic rings. The number of fused-ring (bicyclic) bond motifs is 1. The Labute approximate surface area is 81.0 Å². The van der Waals surface area contributed by atoms with Crippen LogP contribution >= 0.6 is 0 Å². The summed E-state index contributed by atoms with van der Waals surface area (Å²) in [5.74, 6) is 0.219. The van der Waals surface area contributed by atoms with Gasteiger partial charge < -0.3 is 10.4 Å². The van der Waals surface area contributed by atoms with E-state index in [2.05, 4.69) is 5.32 Å². The number of benzene rings is 2. The summed E-state index contributed by atoms with van der Waals surface area (Å²) in [5, 5.41) is 13.7. The van der Waals surface area contributed by atoms with Crippen LogP contribution in [0.1, 0.15) is 0 Å². The highest BCUT2D eigenvalue weighted by molar-refractivity contribution is 6.00. The second-order valence-corrected chi connectivity index (χ2v) is 2.94. The van der Waals surface area contributed by atoms with Crippen LogP contribution in [0.5, 0.6) is 5.75 Å². The van der Waals surface area contributed by atoms with Crippen LogP contribution in [-0.4, -0.2) is 11.5 Å². The Morgan fingerprint density at radius 1 is 1.07 bits per heavy atom. The van der Waals surface area contributed by atoms with Gasteiger partial charge in [0, 0.05) is 16.5 Å². The lowest BCUT2D eigenvalue weighted by atomic mass is 10.1. The predicted molar refractivity (Wildman–Crippen MR) is 55.3 cm³/mol. The van der Waals surface area contributed by atoms with Crippen LogP contribution in [0.2, 0.25) is 0 Å². The molecule has 0 unspecified atom stereocenters. The van der Waals surface area contributed by atoms with Gasteiger partial charge in [-0.15, -0.1) is 0 Å². The number of anilines is 1. The molecule has 2 rings (SSSR count). The van der Waals surface area contributed by atoms with Crippen molar-refractivity contribution in [2.24, 2.45) is 0 Å². The zero-order valence-electron chi connectivity index (χ0n) is 7.40. The van der Waals surface area contributed by atoms with Gasteiger partial charge in [0.25, 0.3) is 0 Å². The van der Waals surface area contributed by atoms with E-state index >= 15 is 0 Å². The number of carbonyl (C=O) groups is 1. The summed E-state index contributed by atoms with van der Waals surface area (Å²) in [6.45, 7) is 0. The van der Waals surface area contributed by atoms with Gasteiger partial charge in [0.15, 0.2) is 0 Å². The first-order valence-corrected chi connectivity index (χ1v) is 4.24. The Morgan fingerprint density at radius 2 is 1.79 bits per heavy atom. The monoisotopic (exact) mass is 187 g/mol. The van der Waals surface area contributed by atoms with Crippen LogP contribution < -0.4 is 5.32 Å². The second kappa shape index (κ2) is 3.38. The number of amides is 1. The average molecular weight is 187 g/mol. The molecule has 0 radical (unpaired) electrons. The maximum atomic E-state index is 10.3. The number of aromatic hydroxyl groups is 1. The van der Waals surface area contributed by atoms with Crippen LogP contribution in [-0.2, 0) is 4.79 Å². The first kappa shape index (κ1) is 8.56. The highest BCUT2D eigenvalue weighted by Crippen LogP contribution is 2.29. The normalized spacial score (nSPS) is 10.0. The summed E-state index contributed by atoms with van der Waals surface area (Å²) in [6, 6.07) is 10.6. The van der Waals surface area contributed by atoms with Gasteiger partial charge in [-0.2, -0.15) is 0 Å². The molecule has 2 aromatic carbocycles. The number of phenols is 1. The van der Waals surface area contributed by atoms with Gasteiger partial charge in [-0.25, -0.2) is 0 Å². The molecule has 70 valence electrons. The van der Waals surface area contributed by atoms with Crippen molar-refractivity contribution in [1.82, 2.24) is 0 Å². The average Bonchev–Trinajstić information content (AvgIpc) is 2.23. The third-order valence-corrected chi connectivity index (χ3v) is 2.12. The molecule has 0 aliphatic heterocycles. The molecule has 2 aromatic rings. The minimum Gasteiger partial charge on any atom is -0.507 e. The van der Waals surface area contributed by atoms with Crippen molar-refractivity contribution in [3.8, 4) is 5.75 Å². The third kappa shape index (κ3) is 1.29. The van der Waals surface area contributed by atoms with E-state index in [9.17, 15) is 9.90 Å². The van der Waals surface area contributed by atoms with Crippen LogP contribution in [0.4, 0.5) is 5.69 Å². The molecular weight excluding hydrogens is 178 g/mol. The largest absolute Gasteiger partial charge is 0.507 e. The van der Waals surface area contributed by atoms with Crippen molar-refractivity contribution in [2.45, 2.75) is 0 Å². The van der Waals surface area contributed by atoms with Crippen molar-refractivity contribution in [2.75, 3.05) is 5.32 Å². The molecule has 0 spiro atoms. The first-order chi connectivity index (χ1) is 6.83. The standard InChI is InChI=1S/C11H9NO2/c13-7-12-10-5-6-11(14)9-4-2-1-3-8(9)10/h1-7,14H,(H,12,13). The predicted octanol–water partition coefficient (Wildman–Crippen LogP) is 2.11. The molecule has 0 bridgehead atoms. The fraction of sp³-hybridized carbons (Fsp3) is 0. The van der Waals surface area contributed by atoms with E-state index in [1.807, 2.05) is 18.2 Å². The van der Waals surface area contributed by atoms with Crippen LogP contribution in [0.15, 0.2) is 36.4 Å². The van der Waals surface area contributed by atoms with Gasteiger partial charge in [-0.05, 0) is 12.1 Å². The summed E-state index contributed by atoms with van der Waals surface area (Å²) in [6.07, 6.45) is 0.624. The van der Waals surface area contributed by atoms with Gasteiger partial charge in [-0.1, -0.05) is 24.3 Å². The maximum Gasteiger partial charge on any atom is 0.211 e. The van der Waals surface area contributed by atoms with Crippen LogP contribution in [0, 0.1) is 0 Å². The second-order valence-electron chi connectivity index (χ2n) is 2.94. The summed E-state index contributed by atoms with van der Waals surface area (Å²) >= 11 is 0. The van der Waals surface area contributed by atoms with Gasteiger partial charge >= 0.3 is 0 Å². The lowest BCUT2D eigenvalue weighted by Gasteiger charge is -2.05. The van der Waals surface area contributed by atoms with Crippen molar-refractivity contribution in [3.05, 3.63) is 36.4 Å². The Bertz CT molecular complexity index is 480. The van der Waals surface area contributed by atoms with Gasteiger partial charge in [-0.3, -0.25) is 4.79 Å². The topological polar surface area (TPSA) is 49.3 Å². The summed E-state index contributed by atoms with van der Waals surface area (Å²) in [5.41, 5.74) is 0.702. The first-order valence-electron chi connectivity index (χ1n) is 4.24. The molecule has 0 atom stereocenters. The Morgan fingerprint density at radius 3 is 2.50 bits per heavy atom. The molecule has 0 fully saturated rings. The molecule has 1 amide bonds. The molecule has 0 saturated heterocycles. The molecule has 3 heteroatoms. The van der Waals surface area contributed by atoms with Crippen molar-refractivity contribution < 1.29 is 9.90 Å². The van der Waals surface area contributed by atoms with E-state index in [1.54, 1.807) is 18.2 Å².